The minimum atomic E-state index is -2.01. The average molecular weight is 1660 g/mol. The monoisotopic (exact) mass is 1660 g/mol. The maximum atomic E-state index is 14.9. The van der Waals surface area contributed by atoms with Crippen LogP contribution in [0, 0.1) is 47.3 Å². The van der Waals surface area contributed by atoms with Crippen LogP contribution in [-0.4, -0.2) is 307 Å². The van der Waals surface area contributed by atoms with Gasteiger partial charge in [0.1, 0.15) is 61.0 Å². The average Bonchev–Trinajstić information content (AvgIpc) is 0.772. The second-order valence-corrected chi connectivity index (χ2v) is 36.7. The number of methoxy groups -OCH3 is 2. The zero-order valence-electron chi connectivity index (χ0n) is 75.0. The van der Waals surface area contributed by atoms with Crippen LogP contribution in [0.3, 0.4) is 0 Å². The molecule has 30 heteroatoms. The van der Waals surface area contributed by atoms with Gasteiger partial charge in [0.15, 0.2) is 25.2 Å². The van der Waals surface area contributed by atoms with Gasteiger partial charge in [-0.2, -0.15) is 0 Å². The molecule has 36 atom stereocenters. The fourth-order valence-electron chi connectivity index (χ4n) is 18.9. The largest absolute Gasteiger partial charge is 0.459 e. The van der Waals surface area contributed by atoms with Gasteiger partial charge in [-0.05, 0) is 149 Å². The van der Waals surface area contributed by atoms with Gasteiger partial charge in [-0.1, -0.05) is 117 Å². The number of oxime groups is 2. The summed E-state index contributed by atoms with van der Waals surface area (Å²) in [4.78, 5) is 45.6. The van der Waals surface area contributed by atoms with Crippen LogP contribution in [0.1, 0.15) is 242 Å². The summed E-state index contributed by atoms with van der Waals surface area (Å²) >= 11 is 0. The van der Waals surface area contributed by atoms with E-state index in [0.717, 1.165) is 25.7 Å². The second kappa shape index (κ2) is 43.9. The molecule has 16 unspecified atom stereocenters. The lowest BCUT2D eigenvalue weighted by atomic mass is 9.73. The molecule has 0 aliphatic carbocycles. The third-order valence-electron chi connectivity index (χ3n) is 26.5. The van der Waals surface area contributed by atoms with E-state index in [1.165, 1.54) is 28.1 Å². The number of ether oxygens (including phenoxy) is 12. The molecule has 10 N–H and O–H groups in total. The predicted octanol–water partition coefficient (Wildman–Crippen LogP) is 7.87. The maximum Gasteiger partial charge on any atom is 0.311 e. The van der Waals surface area contributed by atoms with Gasteiger partial charge in [-0.25, -0.2) is 0 Å². The summed E-state index contributed by atoms with van der Waals surface area (Å²) in [6.07, 6.45) is -13.0. The highest BCUT2D eigenvalue weighted by atomic mass is 16.7. The van der Waals surface area contributed by atoms with E-state index < -0.39 is 228 Å². The summed E-state index contributed by atoms with van der Waals surface area (Å²) < 4.78 is 78.0. The van der Waals surface area contributed by atoms with Crippen molar-refractivity contribution in [2.75, 3.05) is 54.6 Å². The fraction of sp³-hybridized carbons (Fsp3) is 0.930. The Morgan fingerprint density at radius 1 is 0.466 bits per heavy atom. The zero-order valence-corrected chi connectivity index (χ0v) is 75.0. The van der Waals surface area contributed by atoms with Crippen molar-refractivity contribution >= 4 is 23.4 Å². The first-order chi connectivity index (χ1) is 54.1. The molecule has 6 rings (SSSR count). The number of aliphatic hydroxyl groups excluding tert-OH is 6. The maximum absolute atomic E-state index is 14.9. The summed E-state index contributed by atoms with van der Waals surface area (Å²) in [5.74, 6) is -8.91. The molecule has 676 valence electrons. The molecule has 0 amide bonds. The fourth-order valence-corrected chi connectivity index (χ4v) is 18.9. The Morgan fingerprint density at radius 2 is 0.802 bits per heavy atom. The Kier molecular flexibility index (Phi) is 38.4. The van der Waals surface area contributed by atoms with Gasteiger partial charge in [-0.3, -0.25) is 19.4 Å². The summed E-state index contributed by atoms with van der Waals surface area (Å²) in [5, 5.41) is 133. The van der Waals surface area contributed by atoms with Gasteiger partial charge in [0.25, 0.3) is 0 Å². The third kappa shape index (κ3) is 24.8. The molecule has 0 bridgehead atoms. The number of carbonyl (C=O) groups is 2. The molecule has 0 aromatic rings. The molecule has 30 nitrogen and oxygen atoms in total. The van der Waals surface area contributed by atoms with Crippen molar-refractivity contribution in [3.8, 4) is 0 Å². The summed E-state index contributed by atoms with van der Waals surface area (Å²) in [6, 6.07) is -1.18. The Bertz CT molecular complexity index is 2880. The Labute approximate surface area is 692 Å². The molecule has 0 radical (unpaired) electrons. The molecule has 0 spiro atoms. The topological polar surface area (TPSA) is 397 Å². The first kappa shape index (κ1) is 102. The third-order valence-corrected chi connectivity index (χ3v) is 26.5. The quantitative estimate of drug-likeness (QED) is 0.0154. The van der Waals surface area contributed by atoms with Crippen LogP contribution >= 0.6 is 0 Å². The van der Waals surface area contributed by atoms with Crippen LogP contribution in [0.15, 0.2) is 22.5 Å². The minimum absolute atomic E-state index is 0.0295. The Morgan fingerprint density at radius 3 is 1.11 bits per heavy atom. The molecule has 6 heterocycles. The van der Waals surface area contributed by atoms with Crippen molar-refractivity contribution in [2.45, 2.75) is 411 Å². The molecule has 6 saturated heterocycles. The molecular formula is C86H156N4O26. The SMILES string of the molecule is CCCCCO/N=C1\[C@H](C)C[C@](C)(O)[C@H](OC2OC(C)CC(N(C)C/C=C/CN(C)C3CC(C)OC(O[C@@H]4[C@@H](C)[C@H](OC5CC(C)(OC)C(O)C(C)O5)[C@@H](C)C(=O)O[C@H](CC)[C@@](C)(O)[C@H](O)[C@@H](C)/C(=N/OCCCCC)[C@H](C)C[C@]4(C)O)C3O)C2O)[C@@H](C)[C@H](OC2CC(C)(OC)C(O)C(C)O2)[C@@H](C)C(=O)O[C@H](CC)[C@@](C)(O)[C@H](O)[C@H]1C. The van der Waals surface area contributed by atoms with Crippen molar-refractivity contribution in [2.24, 2.45) is 57.7 Å². The number of esters is 2. The smallest absolute Gasteiger partial charge is 0.311 e. The number of likely N-dealkylation sites (N-methyl/N-ethyl adjacent to an activating group) is 2. The van der Waals surface area contributed by atoms with Gasteiger partial charge in [0.2, 0.25) is 0 Å². The van der Waals surface area contributed by atoms with Crippen molar-refractivity contribution in [3.05, 3.63) is 12.2 Å². The number of rotatable bonds is 28. The van der Waals surface area contributed by atoms with E-state index in [9.17, 15) is 60.7 Å². The van der Waals surface area contributed by atoms with Gasteiger partial charge in [0, 0.05) is 87.7 Å². The van der Waals surface area contributed by atoms with Crippen molar-refractivity contribution < 1.29 is 127 Å². The van der Waals surface area contributed by atoms with Crippen LogP contribution in [0.4, 0.5) is 0 Å². The lowest BCUT2D eigenvalue weighted by molar-refractivity contribution is -0.318. The van der Waals surface area contributed by atoms with Crippen LogP contribution in [0.5, 0.6) is 0 Å². The number of carbonyl (C=O) groups excluding carboxylic acids is 2. The zero-order chi connectivity index (χ0) is 87.2. The highest BCUT2D eigenvalue weighted by Gasteiger charge is 2.57. The summed E-state index contributed by atoms with van der Waals surface area (Å²) in [5.41, 5.74) is -9.40. The van der Waals surface area contributed by atoms with Gasteiger partial charge < -0.3 is 118 Å². The van der Waals surface area contributed by atoms with Gasteiger partial charge in [0.05, 0.1) is 107 Å². The second-order valence-electron chi connectivity index (χ2n) is 36.7. The lowest BCUT2D eigenvalue weighted by Crippen LogP contribution is -2.61. The highest BCUT2D eigenvalue weighted by molar-refractivity contribution is 5.89. The van der Waals surface area contributed by atoms with Crippen LogP contribution in [-0.2, 0) is 76.1 Å². The van der Waals surface area contributed by atoms with E-state index in [1.807, 2.05) is 63.7 Å². The van der Waals surface area contributed by atoms with Gasteiger partial charge in [-0.15, -0.1) is 0 Å². The van der Waals surface area contributed by atoms with E-state index in [-0.39, 0.29) is 51.7 Å². The normalized spacial score (nSPS) is 46.1. The molecule has 116 heavy (non-hydrogen) atoms. The summed E-state index contributed by atoms with van der Waals surface area (Å²) in [7, 11) is 6.71. The van der Waals surface area contributed by atoms with E-state index >= 15 is 0 Å². The van der Waals surface area contributed by atoms with Gasteiger partial charge >= 0.3 is 11.9 Å². The Balaban J connectivity index is 1.32. The standard InChI is InChI=1S/C86H156N4O26/c1-27-31-35-39-105-87-65-47(5)43-81(17,99)75(53(11)69(113-63-45-83(19,103-25)73(95)57(15)109-63)55(13)77(97)111-61(29-3)85(21,101)71(93)51(65)9)115-79-67(91)59(41-49(7)107-79)89(23)37-33-34-38-90(24)60-42-50(8)108-80(68(60)92)116-76-54(12)70(114-64-46-84(20,104-26)74(96)58(16)110-64)56(14)78(98)112-62(30-4)86(22,102)72(94)52(10)66(48(6)44-82(76,18)100)88-106-40-36-32-28-2/h33-34,47-64,67-76,79-80,91-96,99-102H,27-32,35-46H2,1-26H3/b34-33+,87-65+,88-66+/t47-,48-,49?,50?,51+,52+,53+,54+,55-,56-,57?,58?,59?,60?,61-,62-,63?,64?,67?,68?,69+,70+,71-,72-,73?,74?,75-,76-,79?,80?,81+,82+,83?,84?,85-,86-/m1/s1. The van der Waals surface area contributed by atoms with E-state index in [1.54, 1.807) is 96.9 Å². The number of hydrogen-bond acceptors (Lipinski definition) is 30. The van der Waals surface area contributed by atoms with E-state index in [2.05, 4.69) is 24.2 Å². The summed E-state index contributed by atoms with van der Waals surface area (Å²) in [6.45, 7) is 39.3. The molecule has 0 aromatic carbocycles. The Hall–Kier alpha value is -3.26. The molecule has 0 saturated carbocycles. The van der Waals surface area contributed by atoms with Crippen molar-refractivity contribution in [1.29, 1.82) is 0 Å². The molecule has 6 aliphatic rings. The first-order valence-corrected chi connectivity index (χ1v) is 43.3. The highest BCUT2D eigenvalue weighted by Crippen LogP contribution is 2.45. The first-order valence-electron chi connectivity index (χ1n) is 43.3. The molecular weight excluding hydrogens is 1500 g/mol. The predicted molar refractivity (Wildman–Crippen MR) is 435 cm³/mol. The molecule has 6 aliphatic heterocycles. The van der Waals surface area contributed by atoms with Crippen LogP contribution < -0.4 is 0 Å². The van der Waals surface area contributed by atoms with Crippen LogP contribution in [0.2, 0.25) is 0 Å². The number of cyclic esters (lactones) is 2. The minimum Gasteiger partial charge on any atom is -0.459 e. The van der Waals surface area contributed by atoms with Crippen molar-refractivity contribution in [3.63, 3.8) is 0 Å². The number of nitrogens with zero attached hydrogens (tertiary/aromatic N) is 4. The number of hydrogen-bond donors (Lipinski definition) is 10. The molecule has 0 aromatic heterocycles. The molecule has 6 fully saturated rings. The van der Waals surface area contributed by atoms with Crippen LogP contribution in [0.25, 0.3) is 0 Å². The number of aliphatic hydroxyl groups is 10. The lowest BCUT2D eigenvalue weighted by Gasteiger charge is -2.49. The van der Waals surface area contributed by atoms with E-state index in [4.69, 9.17) is 66.5 Å². The van der Waals surface area contributed by atoms with Crippen molar-refractivity contribution in [1.82, 2.24) is 9.80 Å². The number of unbranched alkanes of at least 4 members (excludes halogenated alkanes) is 4. The van der Waals surface area contributed by atoms with E-state index in [0.29, 0.717) is 50.2 Å².